The summed E-state index contributed by atoms with van der Waals surface area (Å²) in [5.74, 6) is 2.56. The third-order valence-corrected chi connectivity index (χ3v) is 4.18. The molecule has 1 N–H and O–H groups in total. The quantitative estimate of drug-likeness (QED) is 0.927. The maximum Gasteiger partial charge on any atom is 0.210 e. The van der Waals surface area contributed by atoms with Crippen molar-refractivity contribution in [1.29, 1.82) is 0 Å². The Morgan fingerprint density at radius 3 is 2.80 bits per heavy atom. The highest BCUT2D eigenvalue weighted by Gasteiger charge is 2.23. The molecular formula is C13H16N4O2S. The lowest BCUT2D eigenvalue weighted by Gasteiger charge is -2.26. The maximum atomic E-state index is 5.18. The zero-order valence-electron chi connectivity index (χ0n) is 11.4. The summed E-state index contributed by atoms with van der Waals surface area (Å²) in [6, 6.07) is 8.30. The maximum absolute atomic E-state index is 5.18. The predicted octanol–water partition coefficient (Wildman–Crippen LogP) is 1.82. The van der Waals surface area contributed by atoms with Gasteiger partial charge in [-0.2, -0.15) is 0 Å². The molecule has 7 heteroatoms. The molecule has 0 amide bonds. The van der Waals surface area contributed by atoms with E-state index < -0.39 is 0 Å². The predicted molar refractivity (Wildman–Crippen MR) is 76.6 cm³/mol. The molecule has 0 spiro atoms. The first-order valence-corrected chi connectivity index (χ1v) is 7.27. The largest absolute Gasteiger partial charge is 0.497 e. The minimum Gasteiger partial charge on any atom is -0.497 e. The Balaban J connectivity index is 1.81. The number of rotatable bonds is 4. The minimum absolute atomic E-state index is 0.213. The van der Waals surface area contributed by atoms with Crippen molar-refractivity contribution in [2.24, 2.45) is 0 Å². The minimum atomic E-state index is 0.213. The lowest BCUT2D eigenvalue weighted by atomic mass is 10.1. The fourth-order valence-corrected chi connectivity index (χ4v) is 3.07. The fraction of sp³-hybridized carbons (Fsp3) is 0.385. The van der Waals surface area contributed by atoms with E-state index in [4.69, 9.17) is 9.47 Å². The van der Waals surface area contributed by atoms with Crippen LogP contribution in [0.25, 0.3) is 0 Å². The lowest BCUT2D eigenvalue weighted by molar-refractivity contribution is 0.174. The summed E-state index contributed by atoms with van der Waals surface area (Å²) in [5.41, 5.74) is 4.64. The van der Waals surface area contributed by atoms with E-state index in [1.165, 1.54) is 5.56 Å². The molecule has 106 valence electrons. The number of thioether (sulfide) groups is 1. The van der Waals surface area contributed by atoms with Crippen molar-refractivity contribution < 1.29 is 9.47 Å². The number of nitrogens with zero attached hydrogens (tertiary/aromatic N) is 3. The van der Waals surface area contributed by atoms with E-state index in [2.05, 4.69) is 27.8 Å². The second kappa shape index (κ2) is 5.72. The number of hydrogen-bond donors (Lipinski definition) is 1. The molecule has 1 aliphatic rings. The molecule has 1 aromatic heterocycles. The number of methoxy groups -OCH3 is 2. The van der Waals surface area contributed by atoms with Crippen molar-refractivity contribution in [2.45, 2.75) is 17.8 Å². The van der Waals surface area contributed by atoms with E-state index in [9.17, 15) is 0 Å². The number of benzene rings is 1. The summed E-state index contributed by atoms with van der Waals surface area (Å²) in [4.78, 5) is 0. The molecule has 3 rings (SSSR count). The van der Waals surface area contributed by atoms with Crippen LogP contribution in [0, 0.1) is 0 Å². The van der Waals surface area contributed by atoms with Gasteiger partial charge in [0.1, 0.15) is 12.4 Å². The van der Waals surface area contributed by atoms with Gasteiger partial charge in [0.25, 0.3) is 0 Å². The summed E-state index contributed by atoms with van der Waals surface area (Å²) in [7, 11) is 3.32. The molecule has 1 atom stereocenters. The molecule has 1 aromatic carbocycles. The topological polar surface area (TPSA) is 61.2 Å². The van der Waals surface area contributed by atoms with Crippen LogP contribution in [0.15, 0.2) is 29.4 Å². The summed E-state index contributed by atoms with van der Waals surface area (Å²) in [6.45, 7) is 0.440. The first kappa shape index (κ1) is 13.3. The van der Waals surface area contributed by atoms with Gasteiger partial charge in [-0.1, -0.05) is 23.9 Å². The van der Waals surface area contributed by atoms with Crippen molar-refractivity contribution in [3.63, 3.8) is 0 Å². The summed E-state index contributed by atoms with van der Waals surface area (Å²) in [5, 5.41) is 9.15. The molecule has 0 saturated heterocycles. The van der Waals surface area contributed by atoms with Gasteiger partial charge >= 0.3 is 0 Å². The second-order valence-corrected chi connectivity index (χ2v) is 5.42. The lowest BCUT2D eigenvalue weighted by Crippen LogP contribution is -2.29. The average molecular weight is 292 g/mol. The third-order valence-electron chi connectivity index (χ3n) is 3.16. The number of nitrogens with one attached hydrogen (secondary N) is 1. The molecule has 0 bridgehead atoms. The van der Waals surface area contributed by atoms with Gasteiger partial charge in [0.15, 0.2) is 5.82 Å². The first-order chi connectivity index (χ1) is 9.81. The van der Waals surface area contributed by atoms with Crippen LogP contribution in [0.5, 0.6) is 5.75 Å². The Hall–Kier alpha value is -1.73. The molecule has 0 fully saturated rings. The van der Waals surface area contributed by atoms with Gasteiger partial charge in [0, 0.05) is 12.9 Å². The zero-order valence-corrected chi connectivity index (χ0v) is 12.2. The van der Waals surface area contributed by atoms with Crippen molar-refractivity contribution in [3.05, 3.63) is 35.7 Å². The number of hydrogen-bond acceptors (Lipinski definition) is 6. The Morgan fingerprint density at radius 1 is 1.30 bits per heavy atom. The zero-order chi connectivity index (χ0) is 13.9. The monoisotopic (exact) mass is 292 g/mol. The van der Waals surface area contributed by atoms with Crippen LogP contribution in [0.4, 0.5) is 0 Å². The standard InChI is InChI=1S/C13H16N4O2S/c1-18-7-12-14-15-13-17(12)16-11(8-20-13)9-3-5-10(19-2)6-4-9/h3-6,11,16H,7-8H2,1-2H3. The highest BCUT2D eigenvalue weighted by Crippen LogP contribution is 2.30. The van der Waals surface area contributed by atoms with Gasteiger partial charge in [0.05, 0.1) is 13.2 Å². The molecule has 0 radical (unpaired) electrons. The van der Waals surface area contributed by atoms with Crippen molar-refractivity contribution >= 4 is 11.8 Å². The van der Waals surface area contributed by atoms with Crippen LogP contribution < -0.4 is 10.2 Å². The average Bonchev–Trinajstić information content (AvgIpc) is 2.90. The van der Waals surface area contributed by atoms with Crippen LogP contribution in [-0.2, 0) is 11.3 Å². The molecule has 0 aliphatic carbocycles. The molecule has 2 heterocycles. The summed E-state index contributed by atoms with van der Waals surface area (Å²) < 4.78 is 12.2. The van der Waals surface area contributed by atoms with Gasteiger partial charge in [-0.05, 0) is 17.7 Å². The summed E-state index contributed by atoms with van der Waals surface area (Å²) >= 11 is 1.69. The molecular weight excluding hydrogens is 276 g/mol. The highest BCUT2D eigenvalue weighted by molar-refractivity contribution is 7.99. The van der Waals surface area contributed by atoms with Gasteiger partial charge in [-0.3, -0.25) is 0 Å². The number of fused-ring (bicyclic) bond motifs is 1. The van der Waals surface area contributed by atoms with Crippen LogP contribution in [-0.4, -0.2) is 34.8 Å². The Labute approximate surface area is 121 Å². The Kier molecular flexibility index (Phi) is 3.79. The number of ether oxygens (including phenoxy) is 2. The van der Waals surface area contributed by atoms with E-state index in [1.807, 2.05) is 16.8 Å². The molecule has 0 saturated carbocycles. The second-order valence-electron chi connectivity index (χ2n) is 4.43. The Morgan fingerprint density at radius 2 is 2.10 bits per heavy atom. The fourth-order valence-electron chi connectivity index (χ4n) is 2.10. The van der Waals surface area contributed by atoms with E-state index in [1.54, 1.807) is 26.0 Å². The molecule has 2 aromatic rings. The van der Waals surface area contributed by atoms with Crippen molar-refractivity contribution in [3.8, 4) is 5.75 Å². The highest BCUT2D eigenvalue weighted by atomic mass is 32.2. The van der Waals surface area contributed by atoms with Crippen molar-refractivity contribution in [1.82, 2.24) is 14.9 Å². The smallest absolute Gasteiger partial charge is 0.210 e. The molecule has 1 aliphatic heterocycles. The van der Waals surface area contributed by atoms with Gasteiger partial charge in [0.2, 0.25) is 5.16 Å². The van der Waals surface area contributed by atoms with Crippen LogP contribution in [0.1, 0.15) is 17.4 Å². The molecule has 20 heavy (non-hydrogen) atoms. The first-order valence-electron chi connectivity index (χ1n) is 6.28. The van der Waals surface area contributed by atoms with E-state index in [0.717, 1.165) is 22.5 Å². The SMILES string of the molecule is COCc1nnc2n1NC(c1ccc(OC)cc1)CS2. The van der Waals surface area contributed by atoms with Gasteiger partial charge < -0.3 is 14.9 Å². The van der Waals surface area contributed by atoms with Crippen molar-refractivity contribution in [2.75, 3.05) is 25.4 Å². The summed E-state index contributed by atoms with van der Waals surface area (Å²) in [6.07, 6.45) is 0. The van der Waals surface area contributed by atoms with E-state index in [-0.39, 0.29) is 6.04 Å². The van der Waals surface area contributed by atoms with Crippen LogP contribution in [0.3, 0.4) is 0 Å². The van der Waals surface area contributed by atoms with Crippen LogP contribution in [0.2, 0.25) is 0 Å². The van der Waals surface area contributed by atoms with Gasteiger partial charge in [-0.25, -0.2) is 4.68 Å². The van der Waals surface area contributed by atoms with Gasteiger partial charge in [-0.15, -0.1) is 10.2 Å². The molecule has 1 unspecified atom stereocenters. The normalized spacial score (nSPS) is 17.4. The van der Waals surface area contributed by atoms with E-state index in [0.29, 0.717) is 6.61 Å². The Bertz CT molecular complexity index is 585. The third kappa shape index (κ3) is 2.46. The van der Waals surface area contributed by atoms with E-state index >= 15 is 0 Å². The van der Waals surface area contributed by atoms with Crippen LogP contribution >= 0.6 is 11.8 Å². The molecule has 6 nitrogen and oxygen atoms in total. The number of aromatic nitrogens is 3.